The van der Waals surface area contributed by atoms with Crippen LogP contribution in [0.5, 0.6) is 5.88 Å². The molecule has 0 unspecified atom stereocenters. The molecule has 5 rings (SSSR count). The molecule has 2 aromatic heterocycles. The summed E-state index contributed by atoms with van der Waals surface area (Å²) in [5.41, 5.74) is 1.94. The maximum Gasteiger partial charge on any atom is 0.414 e. The summed E-state index contributed by atoms with van der Waals surface area (Å²) in [5, 5.41) is 6.95. The van der Waals surface area contributed by atoms with E-state index in [2.05, 4.69) is 20.4 Å². The predicted molar refractivity (Wildman–Crippen MR) is 83.8 cm³/mol. The van der Waals surface area contributed by atoms with Crippen molar-refractivity contribution in [1.29, 1.82) is 0 Å². The van der Waals surface area contributed by atoms with E-state index in [0.717, 1.165) is 12.8 Å². The smallest absolute Gasteiger partial charge is 0.389 e. The minimum Gasteiger partial charge on any atom is -0.389 e. The van der Waals surface area contributed by atoms with Crippen LogP contribution in [-0.2, 0) is 6.54 Å². The molecule has 0 spiro atoms. The lowest BCUT2D eigenvalue weighted by atomic mass is 10.1. The molecule has 3 heterocycles. The van der Waals surface area contributed by atoms with Gasteiger partial charge in [0.05, 0.1) is 12.2 Å². The lowest BCUT2D eigenvalue weighted by Gasteiger charge is -2.09. The summed E-state index contributed by atoms with van der Waals surface area (Å²) in [6.07, 6.45) is 4.38. The van der Waals surface area contributed by atoms with Gasteiger partial charge in [0, 0.05) is 11.6 Å². The van der Waals surface area contributed by atoms with Crippen molar-refractivity contribution in [2.24, 2.45) is 0 Å². The summed E-state index contributed by atoms with van der Waals surface area (Å²) in [4.78, 5) is 20.4. The highest BCUT2D eigenvalue weighted by molar-refractivity contribution is 5.72. The molecule has 1 N–H and O–H groups in total. The molecule has 9 heteroatoms. The van der Waals surface area contributed by atoms with E-state index in [-0.39, 0.29) is 17.7 Å². The van der Waals surface area contributed by atoms with Crippen molar-refractivity contribution in [3.05, 3.63) is 42.4 Å². The summed E-state index contributed by atoms with van der Waals surface area (Å²) in [6.45, 7) is 0.303. The third-order valence-corrected chi connectivity index (χ3v) is 4.29. The molecule has 0 saturated heterocycles. The van der Waals surface area contributed by atoms with Crippen molar-refractivity contribution < 1.29 is 13.9 Å². The highest BCUT2D eigenvalue weighted by Gasteiger charge is 2.28. The van der Waals surface area contributed by atoms with E-state index < -0.39 is 6.09 Å². The van der Waals surface area contributed by atoms with E-state index >= 15 is 0 Å². The van der Waals surface area contributed by atoms with Crippen LogP contribution in [0, 0.1) is 5.82 Å². The fourth-order valence-corrected chi connectivity index (χ4v) is 2.93. The molecule has 25 heavy (non-hydrogen) atoms. The lowest BCUT2D eigenvalue weighted by Crippen LogP contribution is -2.29. The number of aromatic nitrogens is 5. The monoisotopic (exact) mass is 340 g/mol. The van der Waals surface area contributed by atoms with Crippen LogP contribution >= 0.6 is 0 Å². The van der Waals surface area contributed by atoms with Gasteiger partial charge in [0.2, 0.25) is 5.88 Å². The lowest BCUT2D eigenvalue weighted by molar-refractivity contribution is 0.197. The molecule has 0 atom stereocenters. The van der Waals surface area contributed by atoms with E-state index in [0.29, 0.717) is 29.3 Å². The normalized spacial score (nSPS) is 14.9. The fraction of sp³-hybridized carbons (Fsp3) is 0.250. The SMILES string of the molecule is O=C(NC1CC1)Oc1ncn2c1Cn1ncnc1-c1cc(F)ccc1-2. The van der Waals surface area contributed by atoms with Crippen LogP contribution in [0.3, 0.4) is 0 Å². The van der Waals surface area contributed by atoms with Gasteiger partial charge in [-0.25, -0.2) is 23.8 Å². The third kappa shape index (κ3) is 2.35. The van der Waals surface area contributed by atoms with Gasteiger partial charge in [-0.15, -0.1) is 0 Å². The highest BCUT2D eigenvalue weighted by Crippen LogP contribution is 2.33. The largest absolute Gasteiger partial charge is 0.414 e. The average molecular weight is 340 g/mol. The Hall–Kier alpha value is -3.23. The van der Waals surface area contributed by atoms with Gasteiger partial charge in [0.1, 0.15) is 24.2 Å². The van der Waals surface area contributed by atoms with E-state index in [4.69, 9.17) is 4.74 Å². The van der Waals surface area contributed by atoms with Crippen molar-refractivity contribution in [3.8, 4) is 23.0 Å². The number of carbonyl (C=O) groups is 1. The first kappa shape index (κ1) is 14.1. The zero-order valence-corrected chi connectivity index (χ0v) is 13.0. The van der Waals surface area contributed by atoms with Gasteiger partial charge in [0.15, 0.2) is 5.82 Å². The molecule has 1 saturated carbocycles. The van der Waals surface area contributed by atoms with Crippen molar-refractivity contribution in [3.63, 3.8) is 0 Å². The van der Waals surface area contributed by atoms with Gasteiger partial charge in [-0.05, 0) is 31.0 Å². The molecule has 126 valence electrons. The number of carbonyl (C=O) groups excluding carboxylic acids is 1. The van der Waals surface area contributed by atoms with Gasteiger partial charge >= 0.3 is 6.09 Å². The molecular formula is C16H13FN6O2. The molecule has 8 nitrogen and oxygen atoms in total. The molecule has 3 aromatic rings. The Morgan fingerprint density at radius 3 is 3.04 bits per heavy atom. The summed E-state index contributed by atoms with van der Waals surface area (Å²) in [7, 11) is 0. The topological polar surface area (TPSA) is 86.9 Å². The zero-order valence-electron chi connectivity index (χ0n) is 13.0. The number of nitrogens with one attached hydrogen (secondary N) is 1. The highest BCUT2D eigenvalue weighted by atomic mass is 19.1. The van der Waals surface area contributed by atoms with Crippen LogP contribution in [0.1, 0.15) is 18.5 Å². The van der Waals surface area contributed by atoms with E-state index in [9.17, 15) is 9.18 Å². The quantitative estimate of drug-likeness (QED) is 0.602. The van der Waals surface area contributed by atoms with Gasteiger partial charge in [-0.1, -0.05) is 0 Å². The number of imidazole rings is 1. The maximum absolute atomic E-state index is 13.7. The third-order valence-electron chi connectivity index (χ3n) is 4.29. The number of ether oxygens (including phenoxy) is 1. The molecule has 2 aliphatic rings. The first-order chi connectivity index (χ1) is 12.2. The first-order valence-corrected chi connectivity index (χ1v) is 7.92. The Kier molecular flexibility index (Phi) is 2.90. The minimum absolute atomic E-state index is 0.194. The molecule has 0 radical (unpaired) electrons. The Morgan fingerprint density at radius 2 is 2.20 bits per heavy atom. The predicted octanol–water partition coefficient (Wildman–Crippen LogP) is 1.88. The van der Waals surface area contributed by atoms with Gasteiger partial charge in [-0.3, -0.25) is 4.57 Å². The van der Waals surface area contributed by atoms with E-state index in [1.54, 1.807) is 21.6 Å². The second-order valence-corrected chi connectivity index (χ2v) is 6.08. The number of fused-ring (bicyclic) bond motifs is 5. The van der Waals surface area contributed by atoms with Gasteiger partial charge in [0.25, 0.3) is 0 Å². The fourth-order valence-electron chi connectivity index (χ4n) is 2.93. The van der Waals surface area contributed by atoms with E-state index in [1.807, 2.05) is 0 Å². The number of amides is 1. The summed E-state index contributed by atoms with van der Waals surface area (Å²) < 4.78 is 22.5. The number of hydrogen-bond acceptors (Lipinski definition) is 5. The average Bonchev–Trinajstić information content (AvgIpc) is 3.17. The minimum atomic E-state index is -0.522. The Bertz CT molecular complexity index is 990. The van der Waals surface area contributed by atoms with Crippen molar-refractivity contribution >= 4 is 6.09 Å². The number of nitrogens with zero attached hydrogens (tertiary/aromatic N) is 5. The van der Waals surface area contributed by atoms with Crippen LogP contribution in [-0.4, -0.2) is 36.5 Å². The summed E-state index contributed by atoms with van der Waals surface area (Å²) in [6, 6.07) is 4.62. The van der Waals surface area contributed by atoms with Crippen molar-refractivity contribution in [2.75, 3.05) is 0 Å². The zero-order chi connectivity index (χ0) is 17.0. The summed E-state index contributed by atoms with van der Waals surface area (Å²) >= 11 is 0. The van der Waals surface area contributed by atoms with Crippen molar-refractivity contribution in [2.45, 2.75) is 25.4 Å². The molecule has 1 fully saturated rings. The summed E-state index contributed by atoms with van der Waals surface area (Å²) in [5.74, 6) is 0.389. The van der Waals surface area contributed by atoms with Crippen LogP contribution < -0.4 is 10.1 Å². The van der Waals surface area contributed by atoms with Crippen LogP contribution in [0.4, 0.5) is 9.18 Å². The molecule has 0 bridgehead atoms. The van der Waals surface area contributed by atoms with Crippen molar-refractivity contribution in [1.82, 2.24) is 29.6 Å². The number of benzene rings is 1. The molecular weight excluding hydrogens is 327 g/mol. The van der Waals surface area contributed by atoms with Crippen LogP contribution in [0.2, 0.25) is 0 Å². The van der Waals surface area contributed by atoms with Crippen LogP contribution in [0.15, 0.2) is 30.9 Å². The molecule has 1 aromatic carbocycles. The first-order valence-electron chi connectivity index (χ1n) is 7.92. The van der Waals surface area contributed by atoms with Gasteiger partial charge < -0.3 is 10.1 Å². The number of hydrogen-bond donors (Lipinski definition) is 1. The Balaban J connectivity index is 1.60. The second kappa shape index (κ2) is 5.13. The van der Waals surface area contributed by atoms with Gasteiger partial charge in [-0.2, -0.15) is 5.10 Å². The van der Waals surface area contributed by atoms with Crippen LogP contribution in [0.25, 0.3) is 17.1 Å². The molecule has 1 aliphatic carbocycles. The van der Waals surface area contributed by atoms with E-state index in [1.165, 1.54) is 18.5 Å². The standard InChI is InChI=1S/C16H13FN6O2/c17-9-1-4-12-11(5-9)14-18-7-20-23(14)6-13-15(19-8-22(12)13)25-16(24)21-10-2-3-10/h1,4-5,7-8,10H,2-3,6H2,(H,21,24). The maximum atomic E-state index is 13.7. The number of rotatable bonds is 2. The number of halogens is 1. The Labute approximate surface area is 141 Å². The Morgan fingerprint density at radius 1 is 1.32 bits per heavy atom. The second-order valence-electron chi connectivity index (χ2n) is 6.08. The molecule has 1 amide bonds. The molecule has 1 aliphatic heterocycles.